The molecule has 1 saturated heterocycles. The maximum Gasteiger partial charge on any atom is 0.275 e. The van der Waals surface area contributed by atoms with Crippen molar-refractivity contribution >= 4 is 5.91 Å². The average molecular weight is 384 g/mol. The number of hydrogen-bond acceptors (Lipinski definition) is 4. The van der Waals surface area contributed by atoms with Gasteiger partial charge in [0.1, 0.15) is 12.1 Å². The first-order chi connectivity index (χ1) is 13.6. The summed E-state index contributed by atoms with van der Waals surface area (Å²) in [6.45, 7) is 0.853. The third-order valence-corrected chi connectivity index (χ3v) is 4.78. The van der Waals surface area contributed by atoms with Gasteiger partial charge in [0.05, 0.1) is 0 Å². The lowest BCUT2D eigenvalue weighted by molar-refractivity contribution is 0.0784. The summed E-state index contributed by atoms with van der Waals surface area (Å²) in [5.41, 5.74) is 0.776. The Morgan fingerprint density at radius 3 is 2.68 bits per heavy atom. The third-order valence-electron chi connectivity index (χ3n) is 4.78. The first kappa shape index (κ1) is 18.2. The standard InChI is InChI=1S/C21H18F2N2O3/c22-16-6-2-1-5-15(16)14-9-10-25(11-14)21(26)18-12-28-20(24-18)13-27-19-8-4-3-7-17(19)23/h1-8,12,14H,9-11,13H2/t14-/m0/s1. The van der Waals surface area contributed by atoms with E-state index in [0.29, 0.717) is 25.1 Å². The highest BCUT2D eigenvalue weighted by atomic mass is 19.1. The van der Waals surface area contributed by atoms with Crippen molar-refractivity contribution in [2.75, 3.05) is 13.1 Å². The molecule has 2 aromatic carbocycles. The van der Waals surface area contributed by atoms with E-state index < -0.39 is 5.82 Å². The van der Waals surface area contributed by atoms with Crippen LogP contribution in [0.4, 0.5) is 8.78 Å². The number of carbonyl (C=O) groups excluding carboxylic acids is 1. The van der Waals surface area contributed by atoms with Crippen LogP contribution < -0.4 is 4.74 Å². The van der Waals surface area contributed by atoms with Crippen molar-refractivity contribution in [3.63, 3.8) is 0 Å². The smallest absolute Gasteiger partial charge is 0.275 e. The zero-order valence-corrected chi connectivity index (χ0v) is 15.0. The molecule has 5 nitrogen and oxygen atoms in total. The maximum atomic E-state index is 14.0. The monoisotopic (exact) mass is 384 g/mol. The van der Waals surface area contributed by atoms with E-state index in [4.69, 9.17) is 9.15 Å². The van der Waals surface area contributed by atoms with Crippen LogP contribution in [0, 0.1) is 11.6 Å². The van der Waals surface area contributed by atoms with Gasteiger partial charge in [-0.15, -0.1) is 0 Å². The van der Waals surface area contributed by atoms with E-state index in [1.165, 1.54) is 24.5 Å². The lowest BCUT2D eigenvalue weighted by Crippen LogP contribution is -2.28. The van der Waals surface area contributed by atoms with E-state index in [9.17, 15) is 13.6 Å². The first-order valence-corrected chi connectivity index (χ1v) is 8.97. The highest BCUT2D eigenvalue weighted by molar-refractivity contribution is 5.92. The molecule has 28 heavy (non-hydrogen) atoms. The van der Waals surface area contributed by atoms with E-state index in [1.54, 1.807) is 35.2 Å². The molecule has 144 valence electrons. The number of amides is 1. The van der Waals surface area contributed by atoms with Gasteiger partial charge in [-0.3, -0.25) is 4.79 Å². The molecule has 7 heteroatoms. The average Bonchev–Trinajstić information content (AvgIpc) is 3.37. The highest BCUT2D eigenvalue weighted by Gasteiger charge is 2.30. The molecule has 3 aromatic rings. The van der Waals surface area contributed by atoms with Crippen molar-refractivity contribution in [1.82, 2.24) is 9.88 Å². The fourth-order valence-electron chi connectivity index (χ4n) is 3.34. The molecular formula is C21H18F2N2O3. The molecule has 0 aliphatic carbocycles. The summed E-state index contributed by atoms with van der Waals surface area (Å²) in [5, 5.41) is 0. The molecule has 1 fully saturated rings. The lowest BCUT2D eigenvalue weighted by Gasteiger charge is -2.15. The minimum absolute atomic E-state index is 0.0408. The number of hydrogen-bond donors (Lipinski definition) is 0. The molecule has 0 saturated carbocycles. The summed E-state index contributed by atoms with van der Waals surface area (Å²) in [5.74, 6) is -0.796. The van der Waals surface area contributed by atoms with E-state index in [1.807, 2.05) is 0 Å². The number of likely N-dealkylation sites (tertiary alicyclic amines) is 1. The fraction of sp³-hybridized carbons (Fsp3) is 0.238. The number of ether oxygens (including phenoxy) is 1. The largest absolute Gasteiger partial charge is 0.481 e. The van der Waals surface area contributed by atoms with Crippen molar-refractivity contribution in [1.29, 1.82) is 0 Å². The van der Waals surface area contributed by atoms with Gasteiger partial charge in [-0.2, -0.15) is 0 Å². The van der Waals surface area contributed by atoms with Crippen LogP contribution in [0.25, 0.3) is 0 Å². The van der Waals surface area contributed by atoms with Gasteiger partial charge in [0.25, 0.3) is 5.91 Å². The maximum absolute atomic E-state index is 14.0. The first-order valence-electron chi connectivity index (χ1n) is 8.97. The van der Waals surface area contributed by atoms with Crippen LogP contribution in [0.1, 0.15) is 34.3 Å². The number of carbonyl (C=O) groups is 1. The molecule has 1 aliphatic heterocycles. The third kappa shape index (κ3) is 3.74. The summed E-state index contributed by atoms with van der Waals surface area (Å²) in [7, 11) is 0. The molecule has 0 unspecified atom stereocenters. The Kier molecular flexibility index (Phi) is 5.06. The van der Waals surface area contributed by atoms with Gasteiger partial charge in [0.2, 0.25) is 5.89 Å². The van der Waals surface area contributed by atoms with Crippen LogP contribution in [-0.2, 0) is 6.61 Å². The molecule has 4 rings (SSSR count). The van der Waals surface area contributed by atoms with Gasteiger partial charge in [0.15, 0.2) is 23.9 Å². The number of benzene rings is 2. The van der Waals surface area contributed by atoms with Crippen molar-refractivity contribution in [2.45, 2.75) is 18.9 Å². The van der Waals surface area contributed by atoms with Gasteiger partial charge in [-0.1, -0.05) is 30.3 Å². The second kappa shape index (κ2) is 7.80. The summed E-state index contributed by atoms with van der Waals surface area (Å²) in [4.78, 5) is 18.4. The zero-order valence-electron chi connectivity index (χ0n) is 15.0. The molecule has 0 radical (unpaired) electrons. The number of oxazole rings is 1. The topological polar surface area (TPSA) is 55.6 Å². The van der Waals surface area contributed by atoms with Crippen LogP contribution in [0.5, 0.6) is 5.75 Å². The van der Waals surface area contributed by atoms with Gasteiger partial charge in [-0.25, -0.2) is 13.8 Å². The number of nitrogens with zero attached hydrogens (tertiary/aromatic N) is 2. The minimum atomic E-state index is -0.485. The van der Waals surface area contributed by atoms with E-state index >= 15 is 0 Å². The van der Waals surface area contributed by atoms with Crippen molar-refractivity contribution in [3.05, 3.63) is 83.6 Å². The Morgan fingerprint density at radius 2 is 1.89 bits per heavy atom. The normalized spacial score (nSPS) is 16.4. The SMILES string of the molecule is O=C(c1coc(COc2ccccc2F)n1)N1CC[C@H](c2ccccc2F)C1. The summed E-state index contributed by atoms with van der Waals surface area (Å²) in [6.07, 6.45) is 1.95. The van der Waals surface area contributed by atoms with Crippen LogP contribution in [0.3, 0.4) is 0 Å². The second-order valence-electron chi connectivity index (χ2n) is 6.60. The summed E-state index contributed by atoms with van der Waals surface area (Å²) < 4.78 is 38.2. The Morgan fingerprint density at radius 1 is 1.14 bits per heavy atom. The zero-order chi connectivity index (χ0) is 19.5. The molecular weight excluding hydrogens is 366 g/mol. The lowest BCUT2D eigenvalue weighted by atomic mass is 9.98. The number of rotatable bonds is 5. The Labute approximate surface area is 160 Å². The molecule has 1 aromatic heterocycles. The summed E-state index contributed by atoms with van der Waals surface area (Å²) in [6, 6.07) is 12.6. The van der Waals surface area contributed by atoms with Crippen LogP contribution >= 0.6 is 0 Å². The van der Waals surface area contributed by atoms with E-state index in [0.717, 1.165) is 0 Å². The van der Waals surface area contributed by atoms with Gasteiger partial charge < -0.3 is 14.1 Å². The van der Waals surface area contributed by atoms with Crippen LogP contribution in [-0.4, -0.2) is 28.9 Å². The Bertz CT molecular complexity index is 989. The fourth-order valence-corrected chi connectivity index (χ4v) is 3.34. The molecule has 1 aliphatic rings. The Hall–Kier alpha value is -3.22. The predicted octanol–water partition coefficient (Wildman–Crippen LogP) is 4.16. The van der Waals surface area contributed by atoms with Gasteiger partial charge in [-0.05, 0) is 30.2 Å². The molecule has 1 atom stereocenters. The number of aromatic nitrogens is 1. The molecule has 0 N–H and O–H groups in total. The Balaban J connectivity index is 1.38. The van der Waals surface area contributed by atoms with Crippen LogP contribution in [0.15, 0.2) is 59.2 Å². The van der Waals surface area contributed by atoms with Crippen molar-refractivity contribution in [2.24, 2.45) is 0 Å². The van der Waals surface area contributed by atoms with Gasteiger partial charge >= 0.3 is 0 Å². The predicted molar refractivity (Wildman–Crippen MR) is 96.9 cm³/mol. The van der Waals surface area contributed by atoms with Crippen molar-refractivity contribution in [3.8, 4) is 5.75 Å². The highest BCUT2D eigenvalue weighted by Crippen LogP contribution is 2.29. The molecule has 2 heterocycles. The van der Waals surface area contributed by atoms with E-state index in [2.05, 4.69) is 4.98 Å². The molecule has 0 bridgehead atoms. The van der Waals surface area contributed by atoms with Gasteiger partial charge in [0, 0.05) is 19.0 Å². The van der Waals surface area contributed by atoms with Crippen LogP contribution in [0.2, 0.25) is 0 Å². The number of halogens is 2. The summed E-state index contributed by atoms with van der Waals surface area (Å²) >= 11 is 0. The van der Waals surface area contributed by atoms with E-state index in [-0.39, 0.29) is 41.6 Å². The quantitative estimate of drug-likeness (QED) is 0.663. The minimum Gasteiger partial charge on any atom is -0.481 e. The molecule has 1 amide bonds. The second-order valence-corrected chi connectivity index (χ2v) is 6.60. The molecule has 0 spiro atoms. The van der Waals surface area contributed by atoms with Crippen molar-refractivity contribution < 1.29 is 22.7 Å². The number of para-hydroxylation sites is 1.